The normalized spacial score (nSPS) is 17.8. The fraction of sp³-hybridized carbons (Fsp3) is 0.455. The number of anilines is 2. The van der Waals surface area contributed by atoms with Crippen LogP contribution in [0.1, 0.15) is 37.8 Å². The molecule has 2 heteroatoms. The first-order valence-electron chi connectivity index (χ1n) is 9.39. The van der Waals surface area contributed by atoms with Gasteiger partial charge in [-0.2, -0.15) is 0 Å². The summed E-state index contributed by atoms with van der Waals surface area (Å²) in [6, 6.07) is 18.3. The highest BCUT2D eigenvalue weighted by atomic mass is 15.2. The van der Waals surface area contributed by atoms with Gasteiger partial charge < -0.3 is 4.90 Å². The topological polar surface area (TPSA) is 6.48 Å². The average molecular weight is 320 g/mol. The van der Waals surface area contributed by atoms with Crippen molar-refractivity contribution in [1.82, 2.24) is 4.90 Å². The minimum atomic E-state index is 0.441. The van der Waals surface area contributed by atoms with Crippen LogP contribution in [0.4, 0.5) is 11.4 Å². The van der Waals surface area contributed by atoms with Crippen molar-refractivity contribution in [3.63, 3.8) is 0 Å². The predicted octanol–water partition coefficient (Wildman–Crippen LogP) is 5.00. The van der Waals surface area contributed by atoms with E-state index in [4.69, 9.17) is 0 Å². The lowest BCUT2D eigenvalue weighted by molar-refractivity contribution is 0.244. The summed E-state index contributed by atoms with van der Waals surface area (Å²) < 4.78 is 0. The van der Waals surface area contributed by atoms with Gasteiger partial charge in [-0.15, -0.1) is 0 Å². The third-order valence-corrected chi connectivity index (χ3v) is 5.32. The first kappa shape index (κ1) is 15.7. The second-order valence-corrected chi connectivity index (χ2v) is 7.68. The minimum Gasteiger partial charge on any atom is -0.339 e. The molecule has 0 amide bonds. The van der Waals surface area contributed by atoms with Gasteiger partial charge in [0.15, 0.2) is 0 Å². The van der Waals surface area contributed by atoms with Crippen molar-refractivity contribution in [2.75, 3.05) is 18.0 Å². The van der Waals surface area contributed by atoms with Crippen molar-refractivity contribution >= 4 is 11.4 Å². The number of rotatable bonds is 5. The summed E-state index contributed by atoms with van der Waals surface area (Å²) >= 11 is 0. The Balaban J connectivity index is 1.61. The largest absolute Gasteiger partial charge is 0.339 e. The maximum Gasteiger partial charge on any atom is 0.0416 e. The van der Waals surface area contributed by atoms with E-state index < -0.39 is 0 Å². The van der Waals surface area contributed by atoms with Crippen molar-refractivity contribution in [2.24, 2.45) is 5.92 Å². The lowest BCUT2D eigenvalue weighted by Gasteiger charge is -2.33. The predicted molar refractivity (Wildman–Crippen MR) is 102 cm³/mol. The summed E-state index contributed by atoms with van der Waals surface area (Å²) in [5, 5.41) is 0. The molecule has 1 aliphatic carbocycles. The van der Waals surface area contributed by atoms with Crippen LogP contribution in [0.2, 0.25) is 0 Å². The number of para-hydroxylation sites is 1. The Kier molecular flexibility index (Phi) is 4.32. The Morgan fingerprint density at radius 1 is 1.00 bits per heavy atom. The first-order valence-corrected chi connectivity index (χ1v) is 9.39. The van der Waals surface area contributed by atoms with Gasteiger partial charge in [0.25, 0.3) is 0 Å². The fourth-order valence-electron chi connectivity index (χ4n) is 3.91. The molecule has 0 saturated heterocycles. The van der Waals surface area contributed by atoms with Gasteiger partial charge in [0, 0.05) is 37.1 Å². The van der Waals surface area contributed by atoms with Crippen LogP contribution in [0.3, 0.4) is 0 Å². The SMILES string of the molecule is CC(C)N(c1ccccc1)c1ccc2c(c1)CN(CC1CC1)CC2. The third kappa shape index (κ3) is 3.34. The highest BCUT2D eigenvalue weighted by Crippen LogP contribution is 2.34. The number of nitrogens with zero attached hydrogens (tertiary/aromatic N) is 2. The molecule has 24 heavy (non-hydrogen) atoms. The van der Waals surface area contributed by atoms with Gasteiger partial charge in [0.05, 0.1) is 0 Å². The molecule has 1 aliphatic heterocycles. The molecule has 2 aliphatic rings. The summed E-state index contributed by atoms with van der Waals surface area (Å²) in [6.45, 7) is 8.20. The van der Waals surface area contributed by atoms with Crippen LogP contribution in [0.15, 0.2) is 48.5 Å². The molecule has 126 valence electrons. The molecule has 0 radical (unpaired) electrons. The fourth-order valence-corrected chi connectivity index (χ4v) is 3.91. The van der Waals surface area contributed by atoms with Gasteiger partial charge in [-0.05, 0) is 74.4 Å². The smallest absolute Gasteiger partial charge is 0.0416 e. The molecule has 1 saturated carbocycles. The molecule has 4 rings (SSSR count). The third-order valence-electron chi connectivity index (χ3n) is 5.32. The molecule has 0 spiro atoms. The van der Waals surface area contributed by atoms with Crippen LogP contribution in [0, 0.1) is 5.92 Å². The molecule has 2 aromatic rings. The van der Waals surface area contributed by atoms with Crippen molar-refractivity contribution in [3.8, 4) is 0 Å². The van der Waals surface area contributed by atoms with E-state index in [2.05, 4.69) is 72.2 Å². The van der Waals surface area contributed by atoms with Crippen LogP contribution >= 0.6 is 0 Å². The van der Waals surface area contributed by atoms with Crippen molar-refractivity contribution in [2.45, 2.75) is 45.7 Å². The summed E-state index contributed by atoms with van der Waals surface area (Å²) in [4.78, 5) is 5.10. The summed E-state index contributed by atoms with van der Waals surface area (Å²) in [7, 11) is 0. The standard InChI is InChI=1S/C22H28N2/c1-17(2)24(21-6-4-3-5-7-21)22-11-10-19-12-13-23(15-18-8-9-18)16-20(19)14-22/h3-7,10-11,14,17-18H,8-9,12-13,15-16H2,1-2H3. The Bertz CT molecular complexity index is 688. The summed E-state index contributed by atoms with van der Waals surface area (Å²) in [6.07, 6.45) is 4.09. The van der Waals surface area contributed by atoms with E-state index in [0.29, 0.717) is 6.04 Å². The maximum atomic E-state index is 2.66. The molecular weight excluding hydrogens is 292 g/mol. The van der Waals surface area contributed by atoms with Gasteiger partial charge in [-0.25, -0.2) is 0 Å². The van der Waals surface area contributed by atoms with E-state index in [9.17, 15) is 0 Å². The van der Waals surface area contributed by atoms with Gasteiger partial charge in [-0.1, -0.05) is 24.3 Å². The van der Waals surface area contributed by atoms with E-state index in [1.807, 2.05) is 0 Å². The highest BCUT2D eigenvalue weighted by molar-refractivity contribution is 5.65. The second-order valence-electron chi connectivity index (χ2n) is 7.68. The van der Waals surface area contributed by atoms with Gasteiger partial charge in [0.1, 0.15) is 0 Å². The summed E-state index contributed by atoms with van der Waals surface area (Å²) in [5.41, 5.74) is 5.67. The van der Waals surface area contributed by atoms with E-state index in [1.165, 1.54) is 49.3 Å². The number of benzene rings is 2. The second kappa shape index (κ2) is 6.60. The molecule has 2 aromatic carbocycles. The number of hydrogen-bond acceptors (Lipinski definition) is 2. The molecular formula is C22H28N2. The average Bonchev–Trinajstić information content (AvgIpc) is 3.39. The molecule has 1 fully saturated rings. The number of hydrogen-bond donors (Lipinski definition) is 0. The van der Waals surface area contributed by atoms with Crippen LogP contribution in [0.5, 0.6) is 0 Å². The van der Waals surface area contributed by atoms with Gasteiger partial charge >= 0.3 is 0 Å². The van der Waals surface area contributed by atoms with Crippen molar-refractivity contribution < 1.29 is 0 Å². The summed E-state index contributed by atoms with van der Waals surface area (Å²) in [5.74, 6) is 0.978. The zero-order valence-electron chi connectivity index (χ0n) is 14.9. The van der Waals surface area contributed by atoms with Gasteiger partial charge in [0.2, 0.25) is 0 Å². The Hall–Kier alpha value is -1.80. The minimum absolute atomic E-state index is 0.441. The van der Waals surface area contributed by atoms with Gasteiger partial charge in [-0.3, -0.25) is 4.90 Å². The van der Waals surface area contributed by atoms with E-state index in [1.54, 1.807) is 5.56 Å². The quantitative estimate of drug-likeness (QED) is 0.765. The number of fused-ring (bicyclic) bond motifs is 1. The lowest BCUT2D eigenvalue weighted by Crippen LogP contribution is -2.32. The molecule has 0 atom stereocenters. The van der Waals surface area contributed by atoms with Crippen LogP contribution in [-0.4, -0.2) is 24.0 Å². The molecule has 2 nitrogen and oxygen atoms in total. The Morgan fingerprint density at radius 2 is 1.79 bits per heavy atom. The first-order chi connectivity index (χ1) is 11.7. The van der Waals surface area contributed by atoms with Crippen LogP contribution in [0.25, 0.3) is 0 Å². The van der Waals surface area contributed by atoms with Crippen molar-refractivity contribution in [3.05, 3.63) is 59.7 Å². The van der Waals surface area contributed by atoms with Crippen molar-refractivity contribution in [1.29, 1.82) is 0 Å². The monoisotopic (exact) mass is 320 g/mol. The zero-order valence-corrected chi connectivity index (χ0v) is 14.9. The van der Waals surface area contributed by atoms with Crippen LogP contribution < -0.4 is 4.90 Å². The molecule has 0 aromatic heterocycles. The Morgan fingerprint density at radius 3 is 2.50 bits per heavy atom. The Labute approximate surface area is 146 Å². The zero-order chi connectivity index (χ0) is 16.5. The maximum absolute atomic E-state index is 2.66. The van der Waals surface area contributed by atoms with Crippen LogP contribution in [-0.2, 0) is 13.0 Å². The van der Waals surface area contributed by atoms with E-state index >= 15 is 0 Å². The molecule has 0 bridgehead atoms. The molecule has 0 N–H and O–H groups in total. The molecule has 0 unspecified atom stereocenters. The van der Waals surface area contributed by atoms with E-state index in [-0.39, 0.29) is 0 Å². The molecule has 1 heterocycles. The van der Waals surface area contributed by atoms with E-state index in [0.717, 1.165) is 12.5 Å². The lowest BCUT2D eigenvalue weighted by atomic mass is 9.98. The highest BCUT2D eigenvalue weighted by Gasteiger charge is 2.26.